The first kappa shape index (κ1) is 58.1. The number of amides is 5. The average molecular weight is 1040 g/mol. The van der Waals surface area contributed by atoms with E-state index in [1.165, 1.54) is 0 Å². The lowest BCUT2D eigenvalue weighted by atomic mass is 9.92. The highest BCUT2D eigenvalue weighted by atomic mass is 16.6. The first-order valence-electron chi connectivity index (χ1n) is 22.8. The Morgan fingerprint density at radius 2 is 0.806 bits per heavy atom. The van der Waals surface area contributed by atoms with Gasteiger partial charge < -0.3 is 116 Å². The Hall–Kier alpha value is -4.80. The Morgan fingerprint density at radius 1 is 0.486 bits per heavy atom. The maximum atomic E-state index is 13.4. The highest BCUT2D eigenvalue weighted by Crippen LogP contribution is 2.27. The predicted octanol–water partition coefficient (Wildman–Crippen LogP) is -9.84. The molecule has 0 radical (unpaired) electrons. The van der Waals surface area contributed by atoms with Crippen LogP contribution in [0.1, 0.15) is 26.3 Å². The van der Waals surface area contributed by atoms with Gasteiger partial charge in [-0.3, -0.25) is 19.2 Å². The molecule has 0 saturated carbocycles. The van der Waals surface area contributed by atoms with Gasteiger partial charge in [0.2, 0.25) is 0 Å². The van der Waals surface area contributed by atoms with Gasteiger partial charge in [-0.25, -0.2) is 9.59 Å². The molecule has 4 saturated heterocycles. The van der Waals surface area contributed by atoms with Crippen molar-refractivity contribution in [2.75, 3.05) is 33.3 Å². The molecule has 29 heteroatoms. The number of ether oxygens (including phenoxy) is 6. The molecule has 4 heterocycles. The molecule has 4 aliphatic rings. The summed E-state index contributed by atoms with van der Waals surface area (Å²) in [5.74, 6) is -5.54. The number of methoxy groups -OCH3 is 1. The smallest absolute Gasteiger partial charge is 0.407 e. The molecule has 1 aromatic carbocycles. The van der Waals surface area contributed by atoms with Gasteiger partial charge in [-0.1, -0.05) is 30.3 Å². The van der Waals surface area contributed by atoms with Crippen LogP contribution in [0.15, 0.2) is 30.3 Å². The molecular formula is C43H65N5O24. The van der Waals surface area contributed by atoms with Crippen molar-refractivity contribution in [2.24, 2.45) is 0 Å². The first-order valence-corrected chi connectivity index (χ1v) is 22.8. The minimum absolute atomic E-state index is 0.0412. The largest absolute Gasteiger partial charge is 0.467 e. The lowest BCUT2D eigenvalue weighted by molar-refractivity contribution is -0.227. The third-order valence-electron chi connectivity index (χ3n) is 12.2. The van der Waals surface area contributed by atoms with Crippen LogP contribution in [0.5, 0.6) is 0 Å². The number of hydrogen-bond donors (Lipinski definition) is 17. The fourth-order valence-corrected chi connectivity index (χ4v) is 8.19. The molecule has 0 aromatic heterocycles. The molecule has 72 heavy (non-hydrogen) atoms. The van der Waals surface area contributed by atoms with Gasteiger partial charge in [0, 0.05) is 32.6 Å². The van der Waals surface area contributed by atoms with Gasteiger partial charge in [0.15, 0.2) is 24.4 Å². The second kappa shape index (κ2) is 25.0. The zero-order chi connectivity index (χ0) is 53.5. The van der Waals surface area contributed by atoms with Crippen LogP contribution in [0.2, 0.25) is 0 Å². The van der Waals surface area contributed by atoms with Crippen molar-refractivity contribution in [3.05, 3.63) is 35.9 Å². The van der Waals surface area contributed by atoms with E-state index in [4.69, 9.17) is 28.4 Å². The zero-order valence-electron chi connectivity index (χ0n) is 39.3. The predicted molar refractivity (Wildman–Crippen MR) is 234 cm³/mol. The van der Waals surface area contributed by atoms with E-state index in [2.05, 4.69) is 26.6 Å². The normalized spacial score (nSPS) is 37.5. The number of hydrogen-bond acceptors (Lipinski definition) is 24. The summed E-state index contributed by atoms with van der Waals surface area (Å²) in [5.41, 5.74) is -0.267. The van der Waals surface area contributed by atoms with Gasteiger partial charge in [0.25, 0.3) is 23.6 Å². The molecule has 17 N–H and O–H groups in total. The summed E-state index contributed by atoms with van der Waals surface area (Å²) in [6.07, 6.45) is -39.4. The van der Waals surface area contributed by atoms with Crippen molar-refractivity contribution in [3.63, 3.8) is 0 Å². The molecule has 21 atom stereocenters. The van der Waals surface area contributed by atoms with Crippen molar-refractivity contribution in [3.8, 4) is 0 Å². The summed E-state index contributed by atoms with van der Waals surface area (Å²) in [7, 11) is 1.08. The third kappa shape index (κ3) is 14.1. The van der Waals surface area contributed by atoms with Crippen molar-refractivity contribution in [2.45, 2.75) is 161 Å². The van der Waals surface area contributed by atoms with E-state index in [1.54, 1.807) is 51.1 Å². The summed E-state index contributed by atoms with van der Waals surface area (Å²) in [5, 5.41) is 139. The summed E-state index contributed by atoms with van der Waals surface area (Å²) in [4.78, 5) is 77.9. The Balaban J connectivity index is 1.16. The molecule has 4 fully saturated rings. The Morgan fingerprint density at radius 3 is 1.12 bits per heavy atom. The zero-order valence-corrected chi connectivity index (χ0v) is 39.3. The van der Waals surface area contributed by atoms with Crippen LogP contribution < -0.4 is 26.6 Å². The number of carbonyl (C=O) groups is 6. The number of aliphatic hydroxyl groups excluding tert-OH is 12. The minimum Gasteiger partial charge on any atom is -0.467 e. The van der Waals surface area contributed by atoms with Crippen LogP contribution in [0.3, 0.4) is 0 Å². The van der Waals surface area contributed by atoms with Gasteiger partial charge in [-0.05, 0) is 26.3 Å². The van der Waals surface area contributed by atoms with Crippen LogP contribution in [0.25, 0.3) is 0 Å². The highest BCUT2D eigenvalue weighted by molar-refractivity contribution is 5.88. The fraction of sp³-hybridized carbons (Fsp3) is 0.721. The number of rotatable bonds is 16. The SMILES string of the molecule is COC(=O)[C@H](Cc1ccccc1)NC(=O)[C@@H]1OC(CNC(=O)[C@@H]2OC(CNC(=O)C3OC(CNC(=O)C4O[C@H](CNC(=O)OC(C)(C)C)[C@@H](O)[C@H](O)[C@H]4O)[C@@H](O)[C@H](O)[C@H]3O)[C@@H](O)[C@H](O)[C@H]2O)[C@@H](O)[C@H](O)[C@H]1O. The topological polar surface area (TPSA) is 461 Å². The van der Waals surface area contributed by atoms with Crippen LogP contribution in [-0.4, -0.2) is 264 Å². The average Bonchev–Trinajstić information content (AvgIpc) is 3.33. The number of benzene rings is 1. The van der Waals surface area contributed by atoms with Crippen LogP contribution in [0, 0.1) is 0 Å². The minimum atomic E-state index is -2.13. The van der Waals surface area contributed by atoms with Crippen molar-refractivity contribution in [1.29, 1.82) is 0 Å². The number of esters is 1. The van der Waals surface area contributed by atoms with Gasteiger partial charge >= 0.3 is 12.1 Å². The molecule has 0 bridgehead atoms. The van der Waals surface area contributed by atoms with Crippen molar-refractivity contribution < 1.29 is 118 Å². The van der Waals surface area contributed by atoms with Crippen molar-refractivity contribution >= 4 is 35.7 Å². The monoisotopic (exact) mass is 1040 g/mol. The number of carbonyl (C=O) groups excluding carboxylic acids is 6. The van der Waals surface area contributed by atoms with E-state index in [-0.39, 0.29) is 6.42 Å². The fourth-order valence-electron chi connectivity index (χ4n) is 8.19. The van der Waals surface area contributed by atoms with Crippen molar-refractivity contribution in [1.82, 2.24) is 26.6 Å². The number of aliphatic hydroxyl groups is 12. The Kier molecular flexibility index (Phi) is 20.1. The number of nitrogens with one attached hydrogen (secondary N) is 5. The number of alkyl carbamates (subject to hydrolysis) is 1. The summed E-state index contributed by atoms with van der Waals surface area (Å²) >= 11 is 0. The summed E-state index contributed by atoms with van der Waals surface area (Å²) in [6, 6.07) is 7.19. The molecule has 29 nitrogen and oxygen atoms in total. The second-order valence-electron chi connectivity index (χ2n) is 18.7. The Bertz CT molecular complexity index is 2020. The molecule has 0 aliphatic carbocycles. The summed E-state index contributed by atoms with van der Waals surface area (Å²) < 4.78 is 32.0. The van der Waals surface area contributed by atoms with Gasteiger partial charge in [0.1, 0.15) is 109 Å². The van der Waals surface area contributed by atoms with Gasteiger partial charge in [-0.15, -0.1) is 0 Å². The molecule has 1 aromatic rings. The van der Waals surface area contributed by atoms with Crippen LogP contribution in [0.4, 0.5) is 4.79 Å². The molecule has 5 unspecified atom stereocenters. The van der Waals surface area contributed by atoms with E-state index in [1.807, 2.05) is 0 Å². The molecule has 0 spiro atoms. The summed E-state index contributed by atoms with van der Waals surface area (Å²) in [6.45, 7) is 2.05. The molecular weight excluding hydrogens is 970 g/mol. The molecule has 5 amide bonds. The van der Waals surface area contributed by atoms with Gasteiger partial charge in [0.05, 0.1) is 7.11 Å². The lowest BCUT2D eigenvalue weighted by Gasteiger charge is -2.42. The maximum Gasteiger partial charge on any atom is 0.407 e. The molecule has 5 rings (SSSR count). The first-order chi connectivity index (χ1) is 33.8. The standard InChI is InChI=1S/C43H65N5O24/c1-43(2,3)72-42(66)47-14-20-24(52)27(55)31(59)35(70-20)39(63)45-12-18-22(50)25(53)29(57)33(68-18)37(61)44-11-17-21(49)26(54)30(58)34(69-17)38(62)46-13-19-23(51)28(56)32(60)36(71-19)40(64)48-16(41(65)67-4)10-15-8-6-5-7-9-15/h5-9,16-36,49-60H,10-14H2,1-4H3,(H,44,61)(H,45,63)(H,46,62)(H,47,66)(H,48,64)/t16-,17?,18?,19?,20+,21+,22+,23+,24+,25-,26-,27-,28-,29+,30+,31+,32+,33?,34+,35?,36+/m0/s1. The second-order valence-corrected chi connectivity index (χ2v) is 18.7. The maximum absolute atomic E-state index is 13.4. The van der Waals surface area contributed by atoms with E-state index < -0.39 is 196 Å². The van der Waals surface area contributed by atoms with E-state index in [0.29, 0.717) is 5.56 Å². The van der Waals surface area contributed by atoms with Crippen LogP contribution in [-0.2, 0) is 58.8 Å². The van der Waals surface area contributed by atoms with E-state index in [0.717, 1.165) is 7.11 Å². The van der Waals surface area contributed by atoms with E-state index in [9.17, 15) is 90.0 Å². The van der Waals surface area contributed by atoms with Crippen LogP contribution >= 0.6 is 0 Å². The quantitative estimate of drug-likeness (QED) is 0.0684. The molecule has 4 aliphatic heterocycles. The highest BCUT2D eigenvalue weighted by Gasteiger charge is 2.52. The Labute approximate surface area is 410 Å². The lowest BCUT2D eigenvalue weighted by Crippen LogP contribution is -2.67. The molecule has 406 valence electrons. The van der Waals surface area contributed by atoms with Gasteiger partial charge in [-0.2, -0.15) is 0 Å². The van der Waals surface area contributed by atoms with E-state index >= 15 is 0 Å². The third-order valence-corrected chi connectivity index (χ3v) is 12.2.